The van der Waals surface area contributed by atoms with Crippen LogP contribution in [0.2, 0.25) is 0 Å². The largest absolute Gasteiger partial charge is 0.465 e. The van der Waals surface area contributed by atoms with E-state index in [0.717, 1.165) is 17.5 Å². The molecule has 0 bridgehead atoms. The summed E-state index contributed by atoms with van der Waals surface area (Å²) in [6, 6.07) is 1.51. The van der Waals surface area contributed by atoms with Crippen molar-refractivity contribution in [3.05, 3.63) is 35.4 Å². The van der Waals surface area contributed by atoms with Gasteiger partial charge in [0.2, 0.25) is 0 Å². The van der Waals surface area contributed by atoms with Crippen molar-refractivity contribution in [2.75, 3.05) is 7.11 Å². The zero-order valence-corrected chi connectivity index (χ0v) is 9.12. The third-order valence-corrected chi connectivity index (χ3v) is 2.91. The Balaban J connectivity index is 2.39. The third kappa shape index (κ3) is 1.92. The zero-order chi connectivity index (χ0) is 11.5. The van der Waals surface area contributed by atoms with E-state index in [4.69, 9.17) is 0 Å². The van der Waals surface area contributed by atoms with E-state index in [1.807, 2.05) is 0 Å². The summed E-state index contributed by atoms with van der Waals surface area (Å²) in [5, 5.41) is 0.431. The van der Waals surface area contributed by atoms with E-state index in [-0.39, 0.29) is 0 Å². The Morgan fingerprint density at radius 1 is 1.50 bits per heavy atom. The van der Waals surface area contributed by atoms with E-state index in [1.54, 1.807) is 0 Å². The third-order valence-electron chi connectivity index (χ3n) is 1.90. The molecule has 2 rings (SSSR count). The highest BCUT2D eigenvalue weighted by Gasteiger charge is 2.13. The number of hydrogen-bond acceptors (Lipinski definition) is 5. The summed E-state index contributed by atoms with van der Waals surface area (Å²) in [4.78, 5) is 19.1. The van der Waals surface area contributed by atoms with Gasteiger partial charge >= 0.3 is 5.97 Å². The average Bonchev–Trinajstić information content (AvgIpc) is 2.78. The number of thiazole rings is 1. The van der Waals surface area contributed by atoms with Gasteiger partial charge in [0.25, 0.3) is 0 Å². The Bertz CT molecular complexity index is 527. The van der Waals surface area contributed by atoms with Crippen LogP contribution in [0.15, 0.2) is 24.7 Å². The zero-order valence-electron chi connectivity index (χ0n) is 8.31. The number of rotatable bonds is 2. The van der Waals surface area contributed by atoms with Crippen molar-refractivity contribution < 1.29 is 13.9 Å². The van der Waals surface area contributed by atoms with Crippen molar-refractivity contribution in [3.8, 4) is 10.6 Å². The Labute approximate surface area is 94.7 Å². The van der Waals surface area contributed by atoms with Crippen LogP contribution in [0.25, 0.3) is 10.6 Å². The summed E-state index contributed by atoms with van der Waals surface area (Å²) in [7, 11) is 1.29. The highest BCUT2D eigenvalue weighted by Crippen LogP contribution is 2.26. The molecule has 0 atom stereocenters. The normalized spacial score (nSPS) is 10.1. The summed E-state index contributed by atoms with van der Waals surface area (Å²) in [6.07, 6.45) is 3.94. The molecule has 6 heteroatoms. The van der Waals surface area contributed by atoms with Gasteiger partial charge in [-0.2, -0.15) is 0 Å². The fourth-order valence-electron chi connectivity index (χ4n) is 1.14. The molecule has 0 unspecified atom stereocenters. The molecule has 2 heterocycles. The topological polar surface area (TPSA) is 52.1 Å². The molecule has 0 saturated carbocycles. The molecule has 0 N–H and O–H groups in total. The fourth-order valence-corrected chi connectivity index (χ4v) is 2.00. The summed E-state index contributed by atoms with van der Waals surface area (Å²) < 4.78 is 17.9. The van der Waals surface area contributed by atoms with Crippen LogP contribution in [0.5, 0.6) is 0 Å². The monoisotopic (exact) mass is 238 g/mol. The number of carbonyl (C=O) groups excluding carboxylic acids is 1. The molecular formula is C10H7FN2O2S. The molecule has 0 aliphatic carbocycles. The van der Waals surface area contributed by atoms with E-state index in [0.29, 0.717) is 15.4 Å². The second-order valence-electron chi connectivity index (χ2n) is 2.88. The number of methoxy groups -OCH3 is 1. The van der Waals surface area contributed by atoms with E-state index in [9.17, 15) is 9.18 Å². The first-order chi connectivity index (χ1) is 7.72. The summed E-state index contributed by atoms with van der Waals surface area (Å²) >= 11 is 1.08. The van der Waals surface area contributed by atoms with Gasteiger partial charge < -0.3 is 4.74 Å². The predicted octanol–water partition coefficient (Wildman–Crippen LogP) is 2.13. The molecule has 0 aliphatic heterocycles. The first-order valence-corrected chi connectivity index (χ1v) is 5.18. The van der Waals surface area contributed by atoms with E-state index >= 15 is 0 Å². The highest BCUT2D eigenvalue weighted by atomic mass is 32.1. The SMILES string of the molecule is COC(=O)c1cnc(-c2ccncc2F)s1. The summed E-state index contributed by atoms with van der Waals surface area (Å²) in [5.41, 5.74) is 0.329. The smallest absolute Gasteiger partial charge is 0.349 e. The minimum Gasteiger partial charge on any atom is -0.465 e. The van der Waals surface area contributed by atoms with Crippen molar-refractivity contribution in [1.82, 2.24) is 9.97 Å². The van der Waals surface area contributed by atoms with Crippen molar-refractivity contribution in [2.24, 2.45) is 0 Å². The standard InChI is InChI=1S/C10H7FN2O2S/c1-15-10(14)8-5-13-9(16-8)6-2-3-12-4-7(6)11/h2-5H,1H3. The molecule has 0 spiro atoms. The molecule has 2 aromatic rings. The number of carbonyl (C=O) groups is 1. The Kier molecular flexibility index (Phi) is 2.91. The van der Waals surface area contributed by atoms with Gasteiger partial charge in [-0.1, -0.05) is 0 Å². The number of hydrogen-bond donors (Lipinski definition) is 0. The number of nitrogens with zero attached hydrogens (tertiary/aromatic N) is 2. The van der Waals surface area contributed by atoms with Gasteiger partial charge in [-0.15, -0.1) is 11.3 Å². The number of aromatic nitrogens is 2. The van der Waals surface area contributed by atoms with Gasteiger partial charge in [-0.05, 0) is 6.07 Å². The first kappa shape index (κ1) is 10.7. The molecule has 0 saturated heterocycles. The molecule has 16 heavy (non-hydrogen) atoms. The van der Waals surface area contributed by atoms with Crippen LogP contribution < -0.4 is 0 Å². The first-order valence-electron chi connectivity index (χ1n) is 4.36. The van der Waals surface area contributed by atoms with Crippen molar-refractivity contribution in [2.45, 2.75) is 0 Å². The molecule has 0 aromatic carbocycles. The number of ether oxygens (including phenoxy) is 1. The van der Waals surface area contributed by atoms with Crippen LogP contribution in [0.1, 0.15) is 9.67 Å². The molecule has 0 radical (unpaired) electrons. The molecule has 2 aromatic heterocycles. The predicted molar refractivity (Wildman–Crippen MR) is 56.6 cm³/mol. The Hall–Kier alpha value is -1.82. The molecule has 82 valence electrons. The maximum absolute atomic E-state index is 13.4. The number of pyridine rings is 1. The quantitative estimate of drug-likeness (QED) is 0.752. The van der Waals surface area contributed by atoms with Gasteiger partial charge in [0.05, 0.1) is 19.5 Å². The van der Waals surface area contributed by atoms with E-state index < -0.39 is 11.8 Å². The van der Waals surface area contributed by atoms with Gasteiger partial charge in [0.1, 0.15) is 9.88 Å². The van der Waals surface area contributed by atoms with Crippen molar-refractivity contribution >= 4 is 17.3 Å². The second-order valence-corrected chi connectivity index (χ2v) is 3.91. The maximum atomic E-state index is 13.4. The molecular weight excluding hydrogens is 231 g/mol. The lowest BCUT2D eigenvalue weighted by atomic mass is 10.3. The van der Waals surface area contributed by atoms with Crippen LogP contribution in [0.4, 0.5) is 4.39 Å². The number of esters is 1. The lowest BCUT2D eigenvalue weighted by Gasteiger charge is -1.96. The average molecular weight is 238 g/mol. The minimum absolute atomic E-state index is 0.329. The molecule has 0 fully saturated rings. The lowest BCUT2D eigenvalue weighted by molar-refractivity contribution is 0.0606. The summed E-state index contributed by atoms with van der Waals surface area (Å²) in [5.74, 6) is -0.938. The van der Waals surface area contributed by atoms with E-state index in [1.165, 1.54) is 25.6 Å². The van der Waals surface area contributed by atoms with E-state index in [2.05, 4.69) is 14.7 Å². The van der Waals surface area contributed by atoms with Gasteiger partial charge in [-0.25, -0.2) is 14.2 Å². The maximum Gasteiger partial charge on any atom is 0.349 e. The lowest BCUT2D eigenvalue weighted by Crippen LogP contribution is -1.96. The van der Waals surface area contributed by atoms with Gasteiger partial charge in [-0.3, -0.25) is 4.98 Å². The van der Waals surface area contributed by atoms with Crippen LogP contribution in [-0.4, -0.2) is 23.0 Å². The Morgan fingerprint density at radius 3 is 3.00 bits per heavy atom. The van der Waals surface area contributed by atoms with Crippen molar-refractivity contribution in [3.63, 3.8) is 0 Å². The molecule has 4 nitrogen and oxygen atoms in total. The minimum atomic E-state index is -0.474. The molecule has 0 amide bonds. The molecule has 0 aliphatic rings. The van der Waals surface area contributed by atoms with Crippen LogP contribution in [-0.2, 0) is 4.74 Å². The van der Waals surface area contributed by atoms with Gasteiger partial charge in [0, 0.05) is 11.8 Å². The Morgan fingerprint density at radius 2 is 2.31 bits per heavy atom. The van der Waals surface area contributed by atoms with Crippen LogP contribution in [0.3, 0.4) is 0 Å². The number of halogens is 1. The van der Waals surface area contributed by atoms with Crippen LogP contribution in [0, 0.1) is 5.82 Å². The fraction of sp³-hybridized carbons (Fsp3) is 0.100. The second kappa shape index (κ2) is 4.36. The van der Waals surface area contributed by atoms with Crippen LogP contribution >= 0.6 is 11.3 Å². The summed E-state index contributed by atoms with van der Waals surface area (Å²) in [6.45, 7) is 0. The highest BCUT2D eigenvalue weighted by molar-refractivity contribution is 7.16. The van der Waals surface area contributed by atoms with Crippen molar-refractivity contribution in [1.29, 1.82) is 0 Å². The van der Waals surface area contributed by atoms with Gasteiger partial charge in [0.15, 0.2) is 5.82 Å².